The van der Waals surface area contributed by atoms with Gasteiger partial charge in [-0.3, -0.25) is 14.6 Å². The second-order valence-corrected chi connectivity index (χ2v) is 9.97. The molecule has 1 N–H and O–H groups in total. The van der Waals surface area contributed by atoms with Gasteiger partial charge in [-0.25, -0.2) is 9.59 Å². The lowest BCUT2D eigenvalue weighted by Gasteiger charge is -2.35. The zero-order chi connectivity index (χ0) is 27.6. The van der Waals surface area contributed by atoms with E-state index in [0.717, 1.165) is 22.5 Å². The molecule has 1 atom stereocenters. The Balaban J connectivity index is 1.53. The summed E-state index contributed by atoms with van der Waals surface area (Å²) >= 11 is 12.3. The third-order valence-electron chi connectivity index (χ3n) is 6.46. The van der Waals surface area contributed by atoms with Crippen molar-refractivity contribution in [2.75, 3.05) is 43.0 Å². The summed E-state index contributed by atoms with van der Waals surface area (Å²) in [7, 11) is 6.96. The number of urea groups is 1. The lowest BCUT2D eigenvalue weighted by Crippen LogP contribution is -2.45. The van der Waals surface area contributed by atoms with E-state index in [2.05, 4.69) is 11.4 Å². The van der Waals surface area contributed by atoms with Crippen molar-refractivity contribution in [3.63, 3.8) is 0 Å². The second kappa shape index (κ2) is 11.3. The molecule has 0 aromatic heterocycles. The number of methoxy groups -OCH3 is 1. The molecule has 0 fully saturated rings. The minimum atomic E-state index is -0.968. The predicted octanol–water partition coefficient (Wildman–Crippen LogP) is 5.15. The lowest BCUT2D eigenvalue weighted by molar-refractivity contribution is -0.142. The van der Waals surface area contributed by atoms with Crippen molar-refractivity contribution in [3.05, 3.63) is 87.4 Å². The van der Waals surface area contributed by atoms with Crippen LogP contribution in [0.25, 0.3) is 0 Å². The number of carbonyl (C=O) groups is 3. The maximum Gasteiger partial charge on any atom is 0.329 e. The van der Waals surface area contributed by atoms with Gasteiger partial charge in [0, 0.05) is 38.9 Å². The van der Waals surface area contributed by atoms with Gasteiger partial charge in [-0.05, 0) is 53.6 Å². The van der Waals surface area contributed by atoms with E-state index < -0.39 is 17.9 Å². The molecule has 0 saturated carbocycles. The van der Waals surface area contributed by atoms with E-state index in [1.54, 1.807) is 35.0 Å². The van der Waals surface area contributed by atoms with Gasteiger partial charge in [0.05, 0.1) is 35.0 Å². The van der Waals surface area contributed by atoms with Crippen molar-refractivity contribution in [1.82, 2.24) is 5.32 Å². The molecule has 3 aromatic carbocycles. The molecule has 4 rings (SSSR count). The van der Waals surface area contributed by atoms with Crippen molar-refractivity contribution in [2.45, 2.75) is 19.0 Å². The van der Waals surface area contributed by atoms with Crippen molar-refractivity contribution < 1.29 is 19.1 Å². The molecule has 0 bridgehead atoms. The van der Waals surface area contributed by atoms with Crippen molar-refractivity contribution in [2.24, 2.45) is 0 Å². The van der Waals surface area contributed by atoms with Gasteiger partial charge in [-0.15, -0.1) is 0 Å². The third kappa shape index (κ3) is 5.56. The highest BCUT2D eigenvalue weighted by atomic mass is 35.5. The number of ether oxygens (including phenoxy) is 1. The van der Waals surface area contributed by atoms with Crippen LogP contribution in [0, 0.1) is 0 Å². The van der Waals surface area contributed by atoms with E-state index in [1.165, 1.54) is 7.11 Å². The van der Waals surface area contributed by atoms with Crippen molar-refractivity contribution in [1.29, 1.82) is 0 Å². The van der Waals surface area contributed by atoms with Gasteiger partial charge in [0.15, 0.2) is 0 Å². The topological polar surface area (TPSA) is 82.2 Å². The fraction of sp³-hybridized carbons (Fsp3) is 0.250. The standard InChI is InChI=1S/C28H28Cl2N4O4/c1-32(2)20-12-13-24-18(15-20)16-34(28(37)33(24)3)19-10-8-17(9-11-19)14-23(27(36)38-4)31-26(35)25-21(29)6-5-7-22(25)30/h5-13,15,23H,14,16H2,1-4H3,(H,31,35)/t23-/m0/s1. The van der Waals surface area contributed by atoms with Crippen molar-refractivity contribution in [3.8, 4) is 0 Å². The molecule has 1 heterocycles. The molecule has 0 radical (unpaired) electrons. The molecule has 0 saturated heterocycles. The average Bonchev–Trinajstić information content (AvgIpc) is 2.90. The molecular weight excluding hydrogens is 527 g/mol. The number of nitrogens with zero attached hydrogens (tertiary/aromatic N) is 3. The number of nitrogens with one attached hydrogen (secondary N) is 1. The Morgan fingerprint density at radius 3 is 2.32 bits per heavy atom. The molecular formula is C28H28Cl2N4O4. The SMILES string of the molecule is COC(=O)[C@H](Cc1ccc(N2Cc3cc(N(C)C)ccc3N(C)C2=O)cc1)NC(=O)c1c(Cl)cccc1Cl. The number of halogens is 2. The number of carbonyl (C=O) groups excluding carboxylic acids is 3. The van der Waals surface area contributed by atoms with Crippen LogP contribution in [-0.4, -0.2) is 52.2 Å². The fourth-order valence-corrected chi connectivity index (χ4v) is 4.93. The Bertz CT molecular complexity index is 1360. The summed E-state index contributed by atoms with van der Waals surface area (Å²) in [4.78, 5) is 43.8. The summed E-state index contributed by atoms with van der Waals surface area (Å²) in [5, 5.41) is 3.03. The molecule has 3 aromatic rings. The van der Waals surface area contributed by atoms with Crippen LogP contribution in [0.3, 0.4) is 0 Å². The van der Waals surface area contributed by atoms with Gasteiger partial charge in [-0.1, -0.05) is 41.4 Å². The normalized spacial score (nSPS) is 13.6. The Morgan fingerprint density at radius 1 is 1.05 bits per heavy atom. The average molecular weight is 555 g/mol. The number of amides is 3. The second-order valence-electron chi connectivity index (χ2n) is 9.15. The van der Waals surface area contributed by atoms with E-state index in [4.69, 9.17) is 27.9 Å². The number of anilines is 3. The summed E-state index contributed by atoms with van der Waals surface area (Å²) in [5.74, 6) is -1.18. The van der Waals surface area contributed by atoms with Gasteiger partial charge in [0.1, 0.15) is 6.04 Å². The van der Waals surface area contributed by atoms with E-state index in [1.807, 2.05) is 55.4 Å². The van der Waals surface area contributed by atoms with Crippen LogP contribution in [0.1, 0.15) is 21.5 Å². The number of hydrogen-bond acceptors (Lipinski definition) is 5. The number of rotatable bonds is 7. The molecule has 10 heteroatoms. The fourth-order valence-electron chi connectivity index (χ4n) is 4.36. The van der Waals surface area contributed by atoms with Crippen LogP contribution in [0.4, 0.5) is 21.9 Å². The summed E-state index contributed by atoms with van der Waals surface area (Å²) in [5.41, 5.74) is 4.54. The zero-order valence-electron chi connectivity index (χ0n) is 21.5. The summed E-state index contributed by atoms with van der Waals surface area (Å²) in [6.07, 6.45) is 0.170. The molecule has 1 aliphatic rings. The molecule has 0 spiro atoms. The molecule has 0 aliphatic carbocycles. The Labute approximate surface area is 231 Å². The third-order valence-corrected chi connectivity index (χ3v) is 7.09. The van der Waals surface area contributed by atoms with Crippen LogP contribution < -0.4 is 20.0 Å². The monoisotopic (exact) mass is 554 g/mol. The van der Waals surface area contributed by atoms with Gasteiger partial charge < -0.3 is 15.0 Å². The maximum atomic E-state index is 13.1. The van der Waals surface area contributed by atoms with E-state index in [0.29, 0.717) is 12.2 Å². The molecule has 38 heavy (non-hydrogen) atoms. The number of benzene rings is 3. The summed E-state index contributed by atoms with van der Waals surface area (Å²) in [6.45, 7) is 0.430. The summed E-state index contributed by atoms with van der Waals surface area (Å²) in [6, 6.07) is 16.9. The predicted molar refractivity (Wildman–Crippen MR) is 151 cm³/mol. The van der Waals surface area contributed by atoms with Crippen molar-refractivity contribution >= 4 is 58.2 Å². The molecule has 198 valence electrons. The minimum absolute atomic E-state index is 0.0884. The first kappa shape index (κ1) is 27.3. The first-order chi connectivity index (χ1) is 18.1. The van der Waals surface area contributed by atoms with E-state index >= 15 is 0 Å². The molecule has 1 aliphatic heterocycles. The van der Waals surface area contributed by atoms with E-state index in [9.17, 15) is 14.4 Å². The highest BCUT2D eigenvalue weighted by molar-refractivity contribution is 6.39. The van der Waals surface area contributed by atoms with Gasteiger partial charge in [0.25, 0.3) is 5.91 Å². The van der Waals surface area contributed by atoms with Gasteiger partial charge >= 0.3 is 12.0 Å². The van der Waals surface area contributed by atoms with Crippen LogP contribution in [0.15, 0.2) is 60.7 Å². The number of hydrogen-bond donors (Lipinski definition) is 1. The van der Waals surface area contributed by atoms with E-state index in [-0.39, 0.29) is 28.1 Å². The molecule has 3 amide bonds. The largest absolute Gasteiger partial charge is 0.467 e. The van der Waals surface area contributed by atoms with Crippen LogP contribution >= 0.6 is 23.2 Å². The molecule has 0 unspecified atom stereocenters. The number of fused-ring (bicyclic) bond motifs is 1. The molecule has 8 nitrogen and oxygen atoms in total. The lowest BCUT2D eigenvalue weighted by atomic mass is 10.0. The van der Waals surface area contributed by atoms with Crippen LogP contribution in [0.5, 0.6) is 0 Å². The van der Waals surface area contributed by atoms with Gasteiger partial charge in [0.2, 0.25) is 0 Å². The Hall–Kier alpha value is -3.75. The highest BCUT2D eigenvalue weighted by Gasteiger charge is 2.30. The van der Waals surface area contributed by atoms with Gasteiger partial charge in [-0.2, -0.15) is 0 Å². The Kier molecular flexibility index (Phi) is 8.14. The Morgan fingerprint density at radius 2 is 1.71 bits per heavy atom. The minimum Gasteiger partial charge on any atom is -0.467 e. The first-order valence-electron chi connectivity index (χ1n) is 11.9. The maximum absolute atomic E-state index is 13.1. The first-order valence-corrected chi connectivity index (χ1v) is 12.6. The zero-order valence-corrected chi connectivity index (χ0v) is 23.0. The quantitative estimate of drug-likeness (QED) is 0.408. The van der Waals surface area contributed by atoms with Crippen LogP contribution in [0.2, 0.25) is 10.0 Å². The smallest absolute Gasteiger partial charge is 0.329 e. The number of esters is 1. The summed E-state index contributed by atoms with van der Waals surface area (Å²) < 4.78 is 4.90. The van der Waals surface area contributed by atoms with Crippen LogP contribution in [-0.2, 0) is 22.5 Å². The highest BCUT2D eigenvalue weighted by Crippen LogP contribution is 2.33.